The van der Waals surface area contributed by atoms with Gasteiger partial charge in [0.05, 0.1) is 13.7 Å². The molecule has 1 aliphatic rings. The summed E-state index contributed by atoms with van der Waals surface area (Å²) in [5.74, 6) is -0.0516. The van der Waals surface area contributed by atoms with Crippen molar-refractivity contribution in [3.05, 3.63) is 15.4 Å². The van der Waals surface area contributed by atoms with Crippen LogP contribution < -0.4 is 15.6 Å². The largest absolute Gasteiger partial charge is 0.468 e. The zero-order chi connectivity index (χ0) is 15.7. The Kier molecular flexibility index (Phi) is 4.69. The second-order valence-electron chi connectivity index (χ2n) is 4.57. The molecule has 0 saturated carbocycles. The molecule has 1 fully saturated rings. The van der Waals surface area contributed by atoms with Crippen LogP contribution in [0, 0.1) is 0 Å². The highest BCUT2D eigenvalue weighted by Gasteiger charge is 2.38. The number of hydrogen-bond donors (Lipinski definition) is 4. The second-order valence-corrected chi connectivity index (χ2v) is 4.95. The summed E-state index contributed by atoms with van der Waals surface area (Å²) in [7, 11) is 2.78. The van der Waals surface area contributed by atoms with Gasteiger partial charge in [0.2, 0.25) is 0 Å². The molecule has 10 heteroatoms. The maximum atomic E-state index is 11.9. The fourth-order valence-corrected chi connectivity index (χ4v) is 2.12. The van der Waals surface area contributed by atoms with Crippen LogP contribution in [0.15, 0.2) is 4.79 Å². The second kappa shape index (κ2) is 6.16. The lowest BCUT2D eigenvalue weighted by atomic mass is 10.0. The summed E-state index contributed by atoms with van der Waals surface area (Å²) in [6.07, 6.45) is -5.07. The van der Waals surface area contributed by atoms with Crippen LogP contribution in [-0.4, -0.2) is 63.1 Å². The highest BCUT2D eigenvalue weighted by molar-refractivity contribution is 6.32. The van der Waals surface area contributed by atoms with E-state index in [2.05, 4.69) is 10.3 Å². The molecule has 1 aromatic rings. The Morgan fingerprint density at radius 2 is 2.10 bits per heavy atom. The van der Waals surface area contributed by atoms with Crippen molar-refractivity contribution in [2.45, 2.75) is 24.5 Å². The van der Waals surface area contributed by atoms with Gasteiger partial charge in [-0.05, 0) is 0 Å². The van der Waals surface area contributed by atoms with E-state index in [1.165, 1.54) is 14.2 Å². The summed E-state index contributed by atoms with van der Waals surface area (Å²) in [4.78, 5) is 15.9. The maximum absolute atomic E-state index is 11.9. The molecule has 9 nitrogen and oxygen atoms in total. The van der Waals surface area contributed by atoms with Crippen molar-refractivity contribution < 1.29 is 24.8 Å². The molecule has 0 aliphatic carbocycles. The summed E-state index contributed by atoms with van der Waals surface area (Å²) in [6, 6.07) is 0.0118. The van der Waals surface area contributed by atoms with Gasteiger partial charge in [-0.15, -0.1) is 0 Å². The first-order valence-electron chi connectivity index (χ1n) is 6.09. The minimum absolute atomic E-state index is 0.0118. The standard InChI is InChI=1S/C11H16ClN3O6/c1-15-10(19)5(12)8(14-11(15)20-2)13-9-7(18)6(17)4(16)3-21-9/h4,6-7,9,13,16-18H,3H2,1-2H3/t4-,6-,7+,9-/m1/s1. The summed E-state index contributed by atoms with van der Waals surface area (Å²) in [5, 5.41) is 31.2. The maximum Gasteiger partial charge on any atom is 0.300 e. The lowest BCUT2D eigenvalue weighted by Gasteiger charge is -2.35. The first kappa shape index (κ1) is 16.0. The van der Waals surface area contributed by atoms with Crippen LogP contribution >= 0.6 is 11.6 Å². The van der Waals surface area contributed by atoms with Crippen LogP contribution in [0.4, 0.5) is 5.82 Å². The monoisotopic (exact) mass is 321 g/mol. The third kappa shape index (κ3) is 2.97. The highest BCUT2D eigenvalue weighted by atomic mass is 35.5. The first-order chi connectivity index (χ1) is 9.86. The van der Waals surface area contributed by atoms with E-state index in [0.717, 1.165) is 4.57 Å². The molecule has 2 heterocycles. The van der Waals surface area contributed by atoms with Crippen molar-refractivity contribution in [2.75, 3.05) is 19.0 Å². The van der Waals surface area contributed by atoms with Crippen LogP contribution in [0.5, 0.6) is 6.01 Å². The number of nitrogens with one attached hydrogen (secondary N) is 1. The van der Waals surface area contributed by atoms with Crippen molar-refractivity contribution in [2.24, 2.45) is 7.05 Å². The highest BCUT2D eigenvalue weighted by Crippen LogP contribution is 2.22. The molecule has 1 aromatic heterocycles. The van der Waals surface area contributed by atoms with Crippen molar-refractivity contribution in [1.29, 1.82) is 0 Å². The summed E-state index contributed by atoms with van der Waals surface area (Å²) in [6.45, 7) is -0.185. The molecule has 0 aromatic carbocycles. The molecule has 4 N–H and O–H groups in total. The average molecular weight is 322 g/mol. The molecule has 0 amide bonds. The molecule has 2 rings (SSSR count). The van der Waals surface area contributed by atoms with E-state index in [-0.39, 0.29) is 23.5 Å². The molecule has 21 heavy (non-hydrogen) atoms. The summed E-state index contributed by atoms with van der Waals surface area (Å²) in [5.41, 5.74) is -0.545. The number of aromatic nitrogens is 2. The Morgan fingerprint density at radius 1 is 1.43 bits per heavy atom. The van der Waals surface area contributed by atoms with Crippen LogP contribution in [0.3, 0.4) is 0 Å². The number of aliphatic hydroxyl groups is 3. The molecular formula is C11H16ClN3O6. The Bertz CT molecular complexity index is 580. The average Bonchev–Trinajstić information content (AvgIpc) is 2.48. The summed E-state index contributed by atoms with van der Waals surface area (Å²) < 4.78 is 11.2. The van der Waals surface area contributed by atoms with Gasteiger partial charge in [-0.1, -0.05) is 11.6 Å². The van der Waals surface area contributed by atoms with Gasteiger partial charge in [0.25, 0.3) is 5.56 Å². The normalized spacial score (nSPS) is 29.2. The number of methoxy groups -OCH3 is 1. The van der Waals surface area contributed by atoms with Gasteiger partial charge < -0.3 is 30.1 Å². The Balaban J connectivity index is 2.28. The molecule has 118 valence electrons. The van der Waals surface area contributed by atoms with E-state index in [0.29, 0.717) is 0 Å². The number of halogens is 1. The fraction of sp³-hybridized carbons (Fsp3) is 0.636. The zero-order valence-electron chi connectivity index (χ0n) is 11.4. The number of aliphatic hydroxyl groups excluding tert-OH is 3. The molecular weight excluding hydrogens is 306 g/mol. The van der Waals surface area contributed by atoms with Gasteiger partial charge in [0, 0.05) is 7.05 Å². The number of anilines is 1. The fourth-order valence-electron chi connectivity index (χ4n) is 1.90. The minimum Gasteiger partial charge on any atom is -0.468 e. The first-order valence-corrected chi connectivity index (χ1v) is 6.47. The molecule has 0 radical (unpaired) electrons. The van der Waals surface area contributed by atoms with Gasteiger partial charge in [0.1, 0.15) is 23.3 Å². The topological polar surface area (TPSA) is 126 Å². The van der Waals surface area contributed by atoms with Gasteiger partial charge in [-0.2, -0.15) is 4.98 Å². The molecule has 0 bridgehead atoms. The molecule has 1 aliphatic heterocycles. The van der Waals surface area contributed by atoms with Crippen LogP contribution in [0.2, 0.25) is 5.02 Å². The number of nitrogens with zero attached hydrogens (tertiary/aromatic N) is 2. The number of rotatable bonds is 3. The number of hydrogen-bond acceptors (Lipinski definition) is 8. The van der Waals surface area contributed by atoms with E-state index in [4.69, 9.17) is 21.1 Å². The van der Waals surface area contributed by atoms with Crippen LogP contribution in [0.25, 0.3) is 0 Å². The lowest BCUT2D eigenvalue weighted by molar-refractivity contribution is -0.178. The predicted octanol–water partition coefficient (Wildman–Crippen LogP) is -1.71. The van der Waals surface area contributed by atoms with Gasteiger partial charge in [-0.3, -0.25) is 9.36 Å². The predicted molar refractivity (Wildman–Crippen MR) is 72.4 cm³/mol. The van der Waals surface area contributed by atoms with E-state index >= 15 is 0 Å². The Labute approximate surface area is 124 Å². The molecule has 0 unspecified atom stereocenters. The Morgan fingerprint density at radius 3 is 2.71 bits per heavy atom. The molecule has 1 saturated heterocycles. The third-order valence-electron chi connectivity index (χ3n) is 3.16. The lowest BCUT2D eigenvalue weighted by Crippen LogP contribution is -2.55. The van der Waals surface area contributed by atoms with Crippen molar-refractivity contribution >= 4 is 17.4 Å². The number of ether oxygens (including phenoxy) is 2. The molecule has 0 spiro atoms. The SMILES string of the molecule is COc1nc(N[C@@H]2OC[C@@H](O)[C@@H](O)[C@@H]2O)c(Cl)c(=O)n1C. The van der Waals surface area contributed by atoms with Crippen LogP contribution in [0.1, 0.15) is 0 Å². The van der Waals surface area contributed by atoms with E-state index in [1.54, 1.807) is 0 Å². The van der Waals surface area contributed by atoms with Crippen LogP contribution in [-0.2, 0) is 11.8 Å². The zero-order valence-corrected chi connectivity index (χ0v) is 12.1. The third-order valence-corrected chi connectivity index (χ3v) is 3.50. The smallest absolute Gasteiger partial charge is 0.300 e. The van der Waals surface area contributed by atoms with E-state index < -0.39 is 30.1 Å². The van der Waals surface area contributed by atoms with E-state index in [1.807, 2.05) is 0 Å². The quantitative estimate of drug-likeness (QED) is 0.518. The molecule has 4 atom stereocenters. The van der Waals surface area contributed by atoms with Gasteiger partial charge in [0.15, 0.2) is 12.0 Å². The summed E-state index contributed by atoms with van der Waals surface area (Å²) >= 11 is 5.90. The Hall–Kier alpha value is -1.39. The van der Waals surface area contributed by atoms with Crippen molar-refractivity contribution in [3.63, 3.8) is 0 Å². The van der Waals surface area contributed by atoms with Gasteiger partial charge >= 0.3 is 6.01 Å². The van der Waals surface area contributed by atoms with Crippen molar-refractivity contribution in [1.82, 2.24) is 9.55 Å². The minimum atomic E-state index is -1.42. The van der Waals surface area contributed by atoms with E-state index in [9.17, 15) is 20.1 Å². The van der Waals surface area contributed by atoms with Gasteiger partial charge in [-0.25, -0.2) is 0 Å². The van der Waals surface area contributed by atoms with Crippen molar-refractivity contribution in [3.8, 4) is 6.01 Å².